The van der Waals surface area contributed by atoms with Gasteiger partial charge in [-0.3, -0.25) is 29.4 Å². The summed E-state index contributed by atoms with van der Waals surface area (Å²) in [7, 11) is 0. The summed E-state index contributed by atoms with van der Waals surface area (Å²) in [5, 5.41) is 14.5. The quantitative estimate of drug-likeness (QED) is 0.139. The van der Waals surface area contributed by atoms with Crippen molar-refractivity contribution in [2.24, 2.45) is 5.92 Å². The molecular weight excluding hydrogens is 762 g/mol. The van der Waals surface area contributed by atoms with Crippen molar-refractivity contribution in [2.75, 3.05) is 18.5 Å². The van der Waals surface area contributed by atoms with E-state index in [1.54, 1.807) is 36.9 Å². The summed E-state index contributed by atoms with van der Waals surface area (Å²) in [6.07, 6.45) is 1.43. The molecular formula is C41H49F3N6O6S. The Hall–Kier alpha value is -4.46. The third-order valence-corrected chi connectivity index (χ3v) is 12.8. The third kappa shape index (κ3) is 9.48. The number of amides is 6. The number of urea groups is 1. The lowest BCUT2D eigenvalue weighted by Crippen LogP contribution is -2.51. The molecule has 12 nitrogen and oxygen atoms in total. The van der Waals surface area contributed by atoms with Crippen molar-refractivity contribution in [2.45, 2.75) is 132 Å². The van der Waals surface area contributed by atoms with Crippen LogP contribution in [0.3, 0.4) is 0 Å². The molecule has 3 heterocycles. The number of alkyl halides is 3. The fourth-order valence-corrected chi connectivity index (χ4v) is 9.83. The van der Waals surface area contributed by atoms with Gasteiger partial charge in [0.2, 0.25) is 17.7 Å². The first kappa shape index (κ1) is 42.2. The topological polar surface area (TPSA) is 152 Å². The van der Waals surface area contributed by atoms with Gasteiger partial charge < -0.3 is 15.0 Å². The maximum Gasteiger partial charge on any atom is 0.417 e. The minimum Gasteiger partial charge on any atom is -0.378 e. The third-order valence-electron chi connectivity index (χ3n) is 11.8. The summed E-state index contributed by atoms with van der Waals surface area (Å²) in [5.74, 6) is -1.12. The second kappa shape index (κ2) is 17.2. The zero-order valence-corrected chi connectivity index (χ0v) is 33.4. The van der Waals surface area contributed by atoms with Crippen LogP contribution in [0.1, 0.15) is 108 Å². The van der Waals surface area contributed by atoms with Gasteiger partial charge in [-0.2, -0.15) is 22.7 Å². The first-order valence-electron chi connectivity index (χ1n) is 19.5. The van der Waals surface area contributed by atoms with Crippen LogP contribution >= 0.6 is 11.9 Å². The maximum atomic E-state index is 13.6. The van der Waals surface area contributed by atoms with Gasteiger partial charge in [0.05, 0.1) is 35.8 Å². The van der Waals surface area contributed by atoms with Gasteiger partial charge >= 0.3 is 12.2 Å². The number of anilines is 1. The summed E-state index contributed by atoms with van der Waals surface area (Å²) in [4.78, 5) is 67.6. The summed E-state index contributed by atoms with van der Waals surface area (Å²) in [5.41, 5.74) is -1.38. The highest BCUT2D eigenvalue weighted by Gasteiger charge is 2.55. The summed E-state index contributed by atoms with van der Waals surface area (Å²) in [6.45, 7) is 8.44. The lowest BCUT2D eigenvalue weighted by atomic mass is 9.85. The Bertz CT molecular complexity index is 1900. The molecule has 1 aliphatic carbocycles. The number of carbonyl (C=O) groups excluding carboxylic acids is 5. The Morgan fingerprint density at radius 1 is 1.00 bits per heavy atom. The van der Waals surface area contributed by atoms with Gasteiger partial charge in [0, 0.05) is 41.7 Å². The fraction of sp³-hybridized carbons (Fsp3) is 0.561. The number of benzene rings is 2. The van der Waals surface area contributed by atoms with Gasteiger partial charge in [0.25, 0.3) is 5.91 Å². The van der Waals surface area contributed by atoms with Crippen molar-refractivity contribution < 1.29 is 41.9 Å². The lowest BCUT2D eigenvalue weighted by molar-refractivity contribution is -0.138. The van der Waals surface area contributed by atoms with Crippen LogP contribution in [0.5, 0.6) is 0 Å². The molecule has 0 radical (unpaired) electrons. The van der Waals surface area contributed by atoms with E-state index in [1.165, 1.54) is 6.07 Å². The summed E-state index contributed by atoms with van der Waals surface area (Å²) in [6, 6.07) is 11.5. The summed E-state index contributed by atoms with van der Waals surface area (Å²) < 4.78 is 47.9. The Kier molecular flexibility index (Phi) is 12.7. The van der Waals surface area contributed by atoms with Crippen LogP contribution in [-0.2, 0) is 30.1 Å². The van der Waals surface area contributed by atoms with E-state index >= 15 is 0 Å². The molecule has 1 saturated carbocycles. The molecule has 3 saturated heterocycles. The molecule has 2 aromatic rings. The molecule has 0 spiro atoms. The molecule has 3 unspecified atom stereocenters. The molecule has 16 heteroatoms. The number of nitriles is 1. The number of ether oxygens (including phenoxy) is 1. The molecule has 4 aliphatic rings. The fourth-order valence-electron chi connectivity index (χ4n) is 8.85. The number of piperidine rings is 2. The van der Waals surface area contributed by atoms with E-state index in [-0.39, 0.29) is 59.3 Å². The van der Waals surface area contributed by atoms with E-state index in [0.717, 1.165) is 41.3 Å². The Labute approximate surface area is 334 Å². The largest absolute Gasteiger partial charge is 0.417 e. The second-order valence-corrected chi connectivity index (χ2v) is 17.2. The zero-order chi connectivity index (χ0) is 41.2. The Morgan fingerprint density at radius 2 is 1.67 bits per heavy atom. The molecule has 2 N–H and O–H groups in total. The van der Waals surface area contributed by atoms with E-state index in [4.69, 9.17) is 10.00 Å². The van der Waals surface area contributed by atoms with E-state index in [0.29, 0.717) is 68.7 Å². The van der Waals surface area contributed by atoms with Gasteiger partial charge in [-0.15, -0.1) is 0 Å². The van der Waals surface area contributed by atoms with Gasteiger partial charge in [0.1, 0.15) is 5.54 Å². The average Bonchev–Trinajstić information content (AvgIpc) is 3.32. The zero-order valence-electron chi connectivity index (χ0n) is 32.6. The van der Waals surface area contributed by atoms with E-state index < -0.39 is 34.8 Å². The van der Waals surface area contributed by atoms with E-state index in [9.17, 15) is 37.1 Å². The van der Waals surface area contributed by atoms with Crippen LogP contribution in [0.2, 0.25) is 0 Å². The highest BCUT2D eigenvalue weighted by Crippen LogP contribution is 2.42. The maximum absolute atomic E-state index is 13.6. The SMILES string of the molecule is CC1CC(CCOC2CCC(N3C(=O)N(Sc4ccc(C#N)c(C(F)(F)F)c4)C(=O)C3(C)C)CC2)CC(C)N1CC(=O)Nc1ccc(C2CCC(=O)NC2=O)cc1. The molecule has 0 aromatic heterocycles. The normalized spacial score (nSPS) is 27.0. The van der Waals surface area contributed by atoms with Crippen molar-refractivity contribution in [3.05, 3.63) is 59.2 Å². The van der Waals surface area contributed by atoms with Crippen LogP contribution in [0.25, 0.3) is 0 Å². The monoisotopic (exact) mass is 810 g/mol. The van der Waals surface area contributed by atoms with Crippen LogP contribution in [0, 0.1) is 17.2 Å². The molecule has 306 valence electrons. The molecule has 0 bridgehead atoms. The van der Waals surface area contributed by atoms with Crippen molar-refractivity contribution in [3.63, 3.8) is 0 Å². The van der Waals surface area contributed by atoms with Gasteiger partial charge in [-0.1, -0.05) is 12.1 Å². The van der Waals surface area contributed by atoms with Crippen LogP contribution in [0.15, 0.2) is 47.4 Å². The first-order valence-corrected chi connectivity index (χ1v) is 20.3. The van der Waals surface area contributed by atoms with Gasteiger partial charge in [0.15, 0.2) is 0 Å². The number of carbonyl (C=O) groups is 5. The number of nitrogens with zero attached hydrogens (tertiary/aromatic N) is 4. The van der Waals surface area contributed by atoms with Crippen molar-refractivity contribution >= 4 is 47.3 Å². The predicted molar refractivity (Wildman–Crippen MR) is 205 cm³/mol. The lowest BCUT2D eigenvalue weighted by Gasteiger charge is -2.42. The highest BCUT2D eigenvalue weighted by atomic mass is 32.2. The Morgan fingerprint density at radius 3 is 2.28 bits per heavy atom. The highest BCUT2D eigenvalue weighted by molar-refractivity contribution is 7.98. The average molecular weight is 811 g/mol. The van der Waals surface area contributed by atoms with Crippen LogP contribution in [-0.4, -0.2) is 86.7 Å². The van der Waals surface area contributed by atoms with Crippen molar-refractivity contribution in [1.29, 1.82) is 5.26 Å². The standard InChI is InChI=1S/C41H49F3N6O6S/c1-24-19-26(20-25(2)48(24)23-36(52)46-29-8-5-27(6-9-29)33-15-16-35(51)47-37(33)53)17-18-56-31-12-10-30(11-13-31)49-39(55)50(38(54)40(49,3)4)57-32-14-7-28(22-45)34(21-32)41(42,43)44/h5-9,14,21,24-26,30-31,33H,10-13,15-20,23H2,1-4H3,(H,46,52)(H,47,51,53). The number of rotatable bonds is 11. The molecule has 2 aromatic carbocycles. The number of hydrogen-bond acceptors (Lipinski definition) is 9. The molecule has 3 aliphatic heterocycles. The predicted octanol–water partition coefficient (Wildman–Crippen LogP) is 6.99. The smallest absolute Gasteiger partial charge is 0.378 e. The Balaban J connectivity index is 0.929. The van der Waals surface area contributed by atoms with E-state index in [1.807, 2.05) is 12.1 Å². The first-order chi connectivity index (χ1) is 27.0. The summed E-state index contributed by atoms with van der Waals surface area (Å²) >= 11 is 0.638. The minimum atomic E-state index is -4.76. The van der Waals surface area contributed by atoms with Crippen molar-refractivity contribution in [3.8, 4) is 6.07 Å². The second-order valence-electron chi connectivity index (χ2n) is 16.2. The number of likely N-dealkylation sites (tertiary alicyclic amines) is 1. The molecule has 6 amide bonds. The van der Waals surface area contributed by atoms with Gasteiger partial charge in [-0.05, 0) is 133 Å². The molecule has 3 atom stereocenters. The molecule has 6 rings (SSSR count). The molecule has 57 heavy (non-hydrogen) atoms. The minimum absolute atomic E-state index is 0.0133. The number of hydrogen-bond donors (Lipinski definition) is 2. The van der Waals surface area contributed by atoms with E-state index in [2.05, 4.69) is 29.4 Å². The van der Waals surface area contributed by atoms with Gasteiger partial charge in [-0.25, -0.2) is 4.79 Å². The molecule has 4 fully saturated rings. The number of nitrogens with one attached hydrogen (secondary N) is 2. The van der Waals surface area contributed by atoms with Crippen molar-refractivity contribution in [1.82, 2.24) is 19.4 Å². The number of halogens is 3. The van der Waals surface area contributed by atoms with Crippen LogP contribution in [0.4, 0.5) is 23.7 Å². The van der Waals surface area contributed by atoms with Crippen LogP contribution < -0.4 is 10.6 Å². The number of imide groups is 2.